The Labute approximate surface area is 362 Å². The molecule has 2 unspecified atom stereocenters. The first kappa shape index (κ1) is 41.9. The topological polar surface area (TPSA) is 170 Å². The molecule has 2 fully saturated rings. The third-order valence-corrected chi connectivity index (χ3v) is 12.5. The van der Waals surface area contributed by atoms with Gasteiger partial charge in [0.05, 0.1) is 35.6 Å². The molecule has 0 bridgehead atoms. The van der Waals surface area contributed by atoms with Gasteiger partial charge < -0.3 is 30.7 Å². The van der Waals surface area contributed by atoms with Crippen LogP contribution in [0.2, 0.25) is 0 Å². The van der Waals surface area contributed by atoms with Crippen LogP contribution in [0.15, 0.2) is 106 Å². The first-order valence-electron chi connectivity index (χ1n) is 21.3. The molecule has 8 rings (SSSR count). The predicted octanol–water partition coefficient (Wildman–Crippen LogP) is 7.96. The molecule has 318 valence electrons. The molecule has 0 saturated carbocycles. The number of nitrogens with zero attached hydrogens (tertiary/aromatic N) is 4. The van der Waals surface area contributed by atoms with Gasteiger partial charge in [-0.15, -0.1) is 0 Å². The Kier molecular flexibility index (Phi) is 11.7. The van der Waals surface area contributed by atoms with E-state index in [0.717, 1.165) is 59.3 Å². The van der Waals surface area contributed by atoms with Crippen molar-refractivity contribution in [2.45, 2.75) is 47.0 Å². The Balaban J connectivity index is 0.904. The number of likely N-dealkylation sites (tertiary alicyclic amines) is 2. The number of carbonyl (C=O) groups excluding carboxylic acids is 4. The highest BCUT2D eigenvalue weighted by Gasteiger charge is 2.36. The van der Waals surface area contributed by atoms with E-state index in [-0.39, 0.29) is 30.9 Å². The average Bonchev–Trinajstić information content (AvgIpc) is 3.96. The average molecular weight is 833 g/mol. The molecule has 2 saturated heterocycles. The zero-order valence-corrected chi connectivity index (χ0v) is 35.6. The predicted molar refractivity (Wildman–Crippen MR) is 242 cm³/mol. The van der Waals surface area contributed by atoms with Crippen LogP contribution >= 0.6 is 0 Å². The van der Waals surface area contributed by atoms with Gasteiger partial charge in [0.15, 0.2) is 0 Å². The first-order valence-corrected chi connectivity index (χ1v) is 21.3. The fourth-order valence-corrected chi connectivity index (χ4v) is 8.42. The molecule has 62 heavy (non-hydrogen) atoms. The largest absolute Gasteiger partial charge is 0.463 e. The molecule has 4 aromatic carbocycles. The fraction of sp³-hybridized carbons (Fsp3) is 0.320. The fourth-order valence-electron chi connectivity index (χ4n) is 8.42. The molecule has 12 nitrogen and oxygen atoms in total. The number of esters is 2. The van der Waals surface area contributed by atoms with Gasteiger partial charge in [-0.05, 0) is 123 Å². The van der Waals surface area contributed by atoms with Gasteiger partial charge in [-0.3, -0.25) is 9.59 Å². The lowest BCUT2D eigenvalue weighted by molar-refractivity contribution is -0.141. The highest BCUT2D eigenvalue weighted by molar-refractivity contribution is 6.07. The second kappa shape index (κ2) is 17.3. The lowest BCUT2D eigenvalue weighted by Crippen LogP contribution is -2.36. The van der Waals surface area contributed by atoms with Crippen molar-refractivity contribution in [3.8, 4) is 22.3 Å². The zero-order valence-electron chi connectivity index (χ0n) is 35.6. The maximum Gasteiger partial charge on any atom is 0.335 e. The summed E-state index contributed by atoms with van der Waals surface area (Å²) in [5, 5.41) is 0. The Bertz CT molecular complexity index is 2560. The molecule has 4 aromatic rings. The molecule has 4 aliphatic heterocycles. The Morgan fingerprint density at radius 2 is 1.24 bits per heavy atom. The van der Waals surface area contributed by atoms with Crippen LogP contribution in [-0.4, -0.2) is 84.6 Å². The smallest absolute Gasteiger partial charge is 0.335 e. The van der Waals surface area contributed by atoms with Gasteiger partial charge in [-0.25, -0.2) is 19.6 Å². The summed E-state index contributed by atoms with van der Waals surface area (Å²) < 4.78 is 11.3. The van der Waals surface area contributed by atoms with Crippen LogP contribution in [0.1, 0.15) is 78.8 Å². The number of benzene rings is 4. The van der Waals surface area contributed by atoms with Crippen molar-refractivity contribution < 1.29 is 28.7 Å². The van der Waals surface area contributed by atoms with Crippen LogP contribution in [0, 0.1) is 17.3 Å². The van der Waals surface area contributed by atoms with Crippen molar-refractivity contribution >= 4 is 59.0 Å². The molecule has 0 radical (unpaired) electrons. The van der Waals surface area contributed by atoms with Crippen molar-refractivity contribution in [2.24, 2.45) is 38.7 Å². The van der Waals surface area contributed by atoms with Crippen molar-refractivity contribution in [1.29, 1.82) is 0 Å². The molecular formula is C50H52N6O6. The zero-order chi connectivity index (χ0) is 43.7. The second-order valence-corrected chi connectivity index (χ2v) is 17.0. The van der Waals surface area contributed by atoms with Gasteiger partial charge in [-0.1, -0.05) is 43.3 Å². The highest BCUT2D eigenvalue weighted by Crippen LogP contribution is 2.39. The molecule has 12 heteroatoms. The number of rotatable bonds is 9. The molecule has 0 spiro atoms. The van der Waals surface area contributed by atoms with Crippen LogP contribution < -0.4 is 11.5 Å². The minimum Gasteiger partial charge on any atom is -0.463 e. The number of ether oxygens (including phenoxy) is 2. The lowest BCUT2D eigenvalue weighted by Gasteiger charge is -2.24. The van der Waals surface area contributed by atoms with E-state index >= 15 is 0 Å². The number of aliphatic imine (C=N–C) groups is 2. The van der Waals surface area contributed by atoms with Crippen LogP contribution in [0.4, 0.5) is 11.4 Å². The number of amidine groups is 2. The van der Waals surface area contributed by atoms with Crippen LogP contribution in [0.5, 0.6) is 0 Å². The van der Waals surface area contributed by atoms with Crippen molar-refractivity contribution in [3.63, 3.8) is 0 Å². The summed E-state index contributed by atoms with van der Waals surface area (Å²) in [6.07, 6.45) is 6.39. The Morgan fingerprint density at radius 3 is 1.84 bits per heavy atom. The van der Waals surface area contributed by atoms with Gasteiger partial charge in [0.1, 0.15) is 11.7 Å². The van der Waals surface area contributed by atoms with Crippen molar-refractivity contribution in [3.05, 3.63) is 118 Å². The van der Waals surface area contributed by atoms with Gasteiger partial charge in [0.25, 0.3) is 11.8 Å². The quantitative estimate of drug-likeness (QED) is 0.160. The molecular weight excluding hydrogens is 781 g/mol. The summed E-state index contributed by atoms with van der Waals surface area (Å²) in [6.45, 7) is 10.3. The number of carbonyl (C=O) groups is 4. The van der Waals surface area contributed by atoms with E-state index < -0.39 is 23.3 Å². The third kappa shape index (κ3) is 8.41. The molecule has 2 atom stereocenters. The summed E-state index contributed by atoms with van der Waals surface area (Å²) in [7, 11) is 0. The van der Waals surface area contributed by atoms with E-state index in [1.54, 1.807) is 17.9 Å². The van der Waals surface area contributed by atoms with Crippen molar-refractivity contribution in [1.82, 2.24) is 9.80 Å². The van der Waals surface area contributed by atoms with E-state index in [2.05, 4.69) is 9.98 Å². The summed E-state index contributed by atoms with van der Waals surface area (Å²) in [6, 6.07) is 26.7. The van der Waals surface area contributed by atoms with E-state index in [1.165, 1.54) is 0 Å². The lowest BCUT2D eigenvalue weighted by atomic mass is 9.82. The maximum atomic E-state index is 13.7. The van der Waals surface area contributed by atoms with Gasteiger partial charge in [0.2, 0.25) is 0 Å². The van der Waals surface area contributed by atoms with E-state index in [9.17, 15) is 19.2 Å². The van der Waals surface area contributed by atoms with E-state index in [0.29, 0.717) is 64.8 Å². The third-order valence-electron chi connectivity index (χ3n) is 12.5. The molecule has 2 amide bonds. The summed E-state index contributed by atoms with van der Waals surface area (Å²) >= 11 is 0. The van der Waals surface area contributed by atoms with Crippen LogP contribution in [-0.2, 0) is 19.1 Å². The summed E-state index contributed by atoms with van der Waals surface area (Å²) in [5.74, 6) is -0.786. The van der Waals surface area contributed by atoms with Gasteiger partial charge in [-0.2, -0.15) is 0 Å². The number of fused-ring (bicyclic) bond motifs is 2. The maximum absolute atomic E-state index is 13.7. The molecule has 4 heterocycles. The summed E-state index contributed by atoms with van der Waals surface area (Å²) in [4.78, 5) is 66.1. The number of amides is 2. The standard InChI is InChI=1S/C50H52N6O6/c1-5-61-48(60)41-27-39-25-37(17-19-43(39)54-49(52)50(41,3)4)33-10-14-35(15-11-33)46(58)56-23-20-31(28-56)29-62-47(59)40-26-38-24-36(16-18-42(38)53-44(51)30(40)2)32-8-12-34(13-9-32)45(57)55-21-6-7-22-55/h8-19,24-27,30-31H,5-7,20-23,28-29H2,1-4H3,(H2,51,53)(H2,52,54). The number of hydrogen-bond acceptors (Lipinski definition) is 10. The van der Waals surface area contributed by atoms with Crippen LogP contribution in [0.25, 0.3) is 34.4 Å². The normalized spacial score (nSPS) is 19.2. The monoisotopic (exact) mass is 832 g/mol. The van der Waals surface area contributed by atoms with Crippen molar-refractivity contribution in [2.75, 3.05) is 39.4 Å². The molecule has 4 aliphatic rings. The number of nitrogens with two attached hydrogens (primary N) is 2. The molecule has 0 aromatic heterocycles. The Morgan fingerprint density at radius 1 is 0.694 bits per heavy atom. The van der Waals surface area contributed by atoms with E-state index in [4.69, 9.17) is 20.9 Å². The van der Waals surface area contributed by atoms with Crippen LogP contribution in [0.3, 0.4) is 0 Å². The minimum atomic E-state index is -0.816. The SMILES string of the molecule is CCOC(=O)C1=Cc2cc(-c3ccc(C(=O)N4CCC(COC(=O)C5=Cc6cc(-c7ccc(C(=O)N8CCCC8)cc7)ccc6N=C(N)C5C)C4)cc3)ccc2N=C(N)C1(C)C. The van der Waals surface area contributed by atoms with Gasteiger partial charge >= 0.3 is 11.9 Å². The molecule has 4 N–H and O–H groups in total. The van der Waals surface area contributed by atoms with E-state index in [1.807, 2.05) is 117 Å². The minimum absolute atomic E-state index is 0.0251. The second-order valence-electron chi connectivity index (χ2n) is 17.0. The highest BCUT2D eigenvalue weighted by atomic mass is 16.5. The summed E-state index contributed by atoms with van der Waals surface area (Å²) in [5.41, 5.74) is 20.5. The Hall–Kier alpha value is -6.82. The first-order chi connectivity index (χ1) is 29.8. The number of hydrogen-bond donors (Lipinski definition) is 2. The van der Waals surface area contributed by atoms with Gasteiger partial charge in [0, 0.05) is 65.8 Å². The molecule has 0 aliphatic carbocycles.